The molecule has 1 aliphatic carbocycles. The molecule has 21 heavy (non-hydrogen) atoms. The Hall–Kier alpha value is -0.430. The van der Waals surface area contributed by atoms with Gasteiger partial charge in [0.05, 0.1) is 0 Å². The highest BCUT2D eigenvalue weighted by Crippen LogP contribution is 2.40. The number of aryl methyl sites for hydroxylation is 1. The molecule has 1 saturated heterocycles. The van der Waals surface area contributed by atoms with Crippen molar-refractivity contribution in [3.63, 3.8) is 0 Å². The van der Waals surface area contributed by atoms with Crippen molar-refractivity contribution in [1.82, 2.24) is 9.62 Å². The molecule has 2 atom stereocenters. The SMILES string of the molecule is CNCc1sc(S(=O)(=O)N2CCC3CCCCC32)cc1C. The molecule has 2 heterocycles. The second-order valence-corrected chi connectivity index (χ2v) is 9.47. The van der Waals surface area contributed by atoms with E-state index in [1.54, 1.807) is 4.31 Å². The Morgan fingerprint density at radius 2 is 2.10 bits per heavy atom. The lowest BCUT2D eigenvalue weighted by atomic mass is 9.86. The molecular formula is C15H24N2O2S2. The highest BCUT2D eigenvalue weighted by molar-refractivity contribution is 7.91. The van der Waals surface area contributed by atoms with Gasteiger partial charge < -0.3 is 5.32 Å². The maximum Gasteiger partial charge on any atom is 0.252 e. The largest absolute Gasteiger partial charge is 0.315 e. The topological polar surface area (TPSA) is 49.4 Å². The van der Waals surface area contributed by atoms with Gasteiger partial charge in [-0.15, -0.1) is 11.3 Å². The highest BCUT2D eigenvalue weighted by Gasteiger charge is 2.42. The van der Waals surface area contributed by atoms with Gasteiger partial charge in [-0.25, -0.2) is 8.42 Å². The molecule has 1 aliphatic heterocycles. The zero-order chi connectivity index (χ0) is 15.0. The quantitative estimate of drug-likeness (QED) is 0.924. The van der Waals surface area contributed by atoms with Gasteiger partial charge in [-0.3, -0.25) is 0 Å². The number of fused-ring (bicyclic) bond motifs is 1. The van der Waals surface area contributed by atoms with E-state index in [0.29, 0.717) is 16.7 Å². The van der Waals surface area contributed by atoms with E-state index in [0.717, 1.165) is 29.8 Å². The third-order valence-electron chi connectivity index (χ3n) is 4.86. The van der Waals surface area contributed by atoms with E-state index in [2.05, 4.69) is 5.32 Å². The third-order valence-corrected chi connectivity index (χ3v) is 8.47. The molecule has 1 aromatic rings. The Morgan fingerprint density at radius 3 is 2.86 bits per heavy atom. The van der Waals surface area contributed by atoms with E-state index < -0.39 is 10.0 Å². The predicted octanol–water partition coefficient (Wildman–Crippen LogP) is 2.73. The monoisotopic (exact) mass is 328 g/mol. The van der Waals surface area contributed by atoms with Crippen LogP contribution in [0, 0.1) is 12.8 Å². The number of thiophene rings is 1. The van der Waals surface area contributed by atoms with Crippen LogP contribution < -0.4 is 5.32 Å². The molecule has 2 aliphatic rings. The molecule has 118 valence electrons. The Bertz CT molecular complexity index is 609. The summed E-state index contributed by atoms with van der Waals surface area (Å²) in [5, 5.41) is 3.11. The summed E-state index contributed by atoms with van der Waals surface area (Å²) in [6, 6.07) is 2.10. The van der Waals surface area contributed by atoms with Crippen LogP contribution in [0.25, 0.3) is 0 Å². The number of hydrogen-bond donors (Lipinski definition) is 1. The Kier molecular flexibility index (Phi) is 4.41. The van der Waals surface area contributed by atoms with Crippen molar-refractivity contribution >= 4 is 21.4 Å². The summed E-state index contributed by atoms with van der Waals surface area (Å²) in [5.74, 6) is 0.589. The van der Waals surface area contributed by atoms with Crippen molar-refractivity contribution in [2.45, 2.75) is 55.8 Å². The lowest BCUT2D eigenvalue weighted by molar-refractivity contribution is 0.260. The summed E-state index contributed by atoms with van der Waals surface area (Å²) >= 11 is 1.43. The molecule has 6 heteroatoms. The first-order valence-electron chi connectivity index (χ1n) is 7.80. The average Bonchev–Trinajstić information content (AvgIpc) is 3.04. The van der Waals surface area contributed by atoms with Gasteiger partial charge >= 0.3 is 0 Å². The minimum absolute atomic E-state index is 0.249. The molecule has 0 spiro atoms. The normalized spacial score (nSPS) is 27.0. The van der Waals surface area contributed by atoms with Crippen LogP contribution in [0.3, 0.4) is 0 Å². The van der Waals surface area contributed by atoms with Gasteiger partial charge in [-0.1, -0.05) is 12.8 Å². The van der Waals surface area contributed by atoms with E-state index in [9.17, 15) is 8.42 Å². The van der Waals surface area contributed by atoms with Crippen LogP contribution in [-0.4, -0.2) is 32.4 Å². The van der Waals surface area contributed by atoms with E-state index in [1.165, 1.54) is 30.6 Å². The fourth-order valence-corrected chi connectivity index (χ4v) is 7.19. The first-order valence-corrected chi connectivity index (χ1v) is 10.1. The first-order chi connectivity index (χ1) is 10.0. The standard InChI is InChI=1S/C15H24N2O2S2/c1-11-9-15(20-14(11)10-16-2)21(18,19)17-8-7-12-5-3-4-6-13(12)17/h9,12-13,16H,3-8,10H2,1-2H3. The van der Waals surface area contributed by atoms with Crippen LogP contribution in [0.5, 0.6) is 0 Å². The van der Waals surface area contributed by atoms with Gasteiger partial charge in [0.2, 0.25) is 0 Å². The Morgan fingerprint density at radius 1 is 1.33 bits per heavy atom. The van der Waals surface area contributed by atoms with E-state index >= 15 is 0 Å². The first kappa shape index (κ1) is 15.5. The summed E-state index contributed by atoms with van der Waals surface area (Å²) in [6.07, 6.45) is 5.71. The molecule has 0 bridgehead atoms. The van der Waals surface area contributed by atoms with Crippen molar-refractivity contribution in [3.8, 4) is 0 Å². The number of rotatable bonds is 4. The second-order valence-electron chi connectivity index (χ2n) is 6.22. The Labute approximate surface area is 131 Å². The number of nitrogens with zero attached hydrogens (tertiary/aromatic N) is 1. The zero-order valence-corrected chi connectivity index (χ0v) is 14.4. The molecular weight excluding hydrogens is 304 g/mol. The summed E-state index contributed by atoms with van der Waals surface area (Å²) in [7, 11) is -1.42. The minimum atomic E-state index is -3.31. The summed E-state index contributed by atoms with van der Waals surface area (Å²) in [4.78, 5) is 1.12. The van der Waals surface area contributed by atoms with Crippen molar-refractivity contribution in [1.29, 1.82) is 0 Å². The summed E-state index contributed by atoms with van der Waals surface area (Å²) in [5.41, 5.74) is 1.08. The molecule has 4 nitrogen and oxygen atoms in total. The van der Waals surface area contributed by atoms with Crippen LogP contribution in [0.4, 0.5) is 0 Å². The predicted molar refractivity (Wildman–Crippen MR) is 86.1 cm³/mol. The molecule has 2 unspecified atom stereocenters. The number of hydrogen-bond acceptors (Lipinski definition) is 4. The number of nitrogens with one attached hydrogen (secondary N) is 1. The molecule has 0 amide bonds. The third kappa shape index (κ3) is 2.79. The van der Waals surface area contributed by atoms with E-state index in [-0.39, 0.29) is 6.04 Å². The van der Waals surface area contributed by atoms with Crippen LogP contribution in [0.15, 0.2) is 10.3 Å². The maximum atomic E-state index is 13.0. The minimum Gasteiger partial charge on any atom is -0.315 e. The fourth-order valence-electron chi connectivity index (χ4n) is 3.73. The van der Waals surface area contributed by atoms with E-state index in [4.69, 9.17) is 0 Å². The molecule has 1 saturated carbocycles. The molecule has 2 fully saturated rings. The van der Waals surface area contributed by atoms with E-state index in [1.807, 2.05) is 20.0 Å². The van der Waals surface area contributed by atoms with Gasteiger partial charge in [0.15, 0.2) is 0 Å². The van der Waals surface area contributed by atoms with Gasteiger partial charge in [0.1, 0.15) is 4.21 Å². The van der Waals surface area contributed by atoms with Crippen LogP contribution in [0.1, 0.15) is 42.5 Å². The van der Waals surface area contributed by atoms with Gasteiger partial charge in [-0.05, 0) is 50.8 Å². The second kappa shape index (κ2) is 5.99. The summed E-state index contributed by atoms with van der Waals surface area (Å²) in [6.45, 7) is 3.43. The highest BCUT2D eigenvalue weighted by atomic mass is 32.2. The maximum absolute atomic E-state index is 13.0. The van der Waals surface area contributed by atoms with Crippen molar-refractivity contribution < 1.29 is 8.42 Å². The Balaban J connectivity index is 1.88. The van der Waals surface area contributed by atoms with Crippen LogP contribution in [0.2, 0.25) is 0 Å². The smallest absolute Gasteiger partial charge is 0.252 e. The molecule has 0 aromatic carbocycles. The lowest BCUT2D eigenvalue weighted by Gasteiger charge is -2.30. The van der Waals surface area contributed by atoms with Crippen LogP contribution in [-0.2, 0) is 16.6 Å². The van der Waals surface area contributed by atoms with Gasteiger partial charge in [0, 0.05) is 24.0 Å². The number of sulfonamides is 1. The average molecular weight is 329 g/mol. The van der Waals surface area contributed by atoms with Gasteiger partial charge in [0.25, 0.3) is 10.0 Å². The van der Waals surface area contributed by atoms with Gasteiger partial charge in [-0.2, -0.15) is 4.31 Å². The van der Waals surface area contributed by atoms with Crippen molar-refractivity contribution in [2.75, 3.05) is 13.6 Å². The zero-order valence-electron chi connectivity index (χ0n) is 12.8. The molecule has 0 radical (unpaired) electrons. The van der Waals surface area contributed by atoms with Crippen LogP contribution >= 0.6 is 11.3 Å². The van der Waals surface area contributed by atoms with Crippen molar-refractivity contribution in [3.05, 3.63) is 16.5 Å². The fraction of sp³-hybridized carbons (Fsp3) is 0.733. The molecule has 1 aromatic heterocycles. The van der Waals surface area contributed by atoms with Crippen molar-refractivity contribution in [2.24, 2.45) is 5.92 Å². The molecule has 1 N–H and O–H groups in total. The molecule has 3 rings (SSSR count). The lowest BCUT2D eigenvalue weighted by Crippen LogP contribution is -2.38. The summed E-state index contributed by atoms with van der Waals surface area (Å²) < 4.78 is 28.3.